The molecule has 0 saturated heterocycles. The Kier molecular flexibility index (Phi) is 6.45. The second-order valence-corrected chi connectivity index (χ2v) is 12.1. The fraction of sp³-hybridized carbons (Fsp3) is 0.346. The molecule has 4 aromatic rings. The molecular weight excluding hydrogens is 500 g/mol. The highest BCUT2D eigenvalue weighted by molar-refractivity contribution is 7.91. The molecule has 194 valence electrons. The Morgan fingerprint density at radius 1 is 1.14 bits per heavy atom. The van der Waals surface area contributed by atoms with Crippen molar-refractivity contribution >= 4 is 15.4 Å². The molecule has 11 heteroatoms. The number of rotatable bonds is 5. The highest BCUT2D eigenvalue weighted by Gasteiger charge is 2.40. The van der Waals surface area contributed by atoms with Crippen molar-refractivity contribution in [2.75, 3.05) is 6.26 Å². The molecular formula is C26H27F2N5O3S. The first kappa shape index (κ1) is 25.2. The molecule has 0 amide bonds. The number of pyridine rings is 1. The Morgan fingerprint density at radius 3 is 2.54 bits per heavy atom. The molecule has 3 heterocycles. The average molecular weight is 528 g/mol. The monoisotopic (exact) mass is 527 g/mol. The van der Waals surface area contributed by atoms with Gasteiger partial charge in [0.05, 0.1) is 28.2 Å². The largest absolute Gasteiger partial charge is 0.508 e. The van der Waals surface area contributed by atoms with Crippen molar-refractivity contribution in [3.63, 3.8) is 0 Å². The molecule has 3 aromatic heterocycles. The van der Waals surface area contributed by atoms with Crippen LogP contribution in [0.25, 0.3) is 16.8 Å². The van der Waals surface area contributed by atoms with Gasteiger partial charge in [0.1, 0.15) is 23.2 Å². The topological polar surface area (TPSA) is 123 Å². The van der Waals surface area contributed by atoms with Crippen LogP contribution in [0.4, 0.5) is 8.78 Å². The third-order valence-electron chi connectivity index (χ3n) is 7.16. The van der Waals surface area contributed by atoms with Crippen molar-refractivity contribution < 1.29 is 22.3 Å². The number of benzene rings is 1. The van der Waals surface area contributed by atoms with E-state index in [9.17, 15) is 22.3 Å². The molecule has 5 rings (SSSR count). The number of nitrogens with two attached hydrogens (primary N) is 1. The van der Waals surface area contributed by atoms with Gasteiger partial charge in [-0.1, -0.05) is 6.92 Å². The predicted octanol–water partition coefficient (Wildman–Crippen LogP) is 3.62. The number of nitrogens with zero attached hydrogens (tertiary/aromatic N) is 4. The van der Waals surface area contributed by atoms with Crippen molar-refractivity contribution in [2.45, 2.75) is 43.4 Å². The van der Waals surface area contributed by atoms with E-state index >= 15 is 0 Å². The molecule has 0 unspecified atom stereocenters. The average Bonchev–Trinajstić information content (AvgIpc) is 3.19. The van der Waals surface area contributed by atoms with E-state index in [1.165, 1.54) is 16.8 Å². The maximum atomic E-state index is 14.5. The van der Waals surface area contributed by atoms with Gasteiger partial charge in [0.15, 0.2) is 9.84 Å². The highest BCUT2D eigenvalue weighted by atomic mass is 32.2. The SMILES string of the molecule is C[C@H]1C[C@@H](c2ccncc2Cc2ncc3ccc(-c4c(F)cc(O)cc4F)nn23)C[C@@H](N)[C@H]1S(C)(=O)=O. The number of phenolic OH excluding ortho intramolecular Hbond substituents is 1. The summed E-state index contributed by atoms with van der Waals surface area (Å²) in [7, 11) is -3.27. The summed E-state index contributed by atoms with van der Waals surface area (Å²) < 4.78 is 55.0. The van der Waals surface area contributed by atoms with Gasteiger partial charge >= 0.3 is 0 Å². The van der Waals surface area contributed by atoms with Gasteiger partial charge in [0.25, 0.3) is 0 Å². The van der Waals surface area contributed by atoms with Crippen molar-refractivity contribution in [3.8, 4) is 17.0 Å². The van der Waals surface area contributed by atoms with Crippen LogP contribution in [0.5, 0.6) is 5.75 Å². The number of aromatic nitrogens is 4. The van der Waals surface area contributed by atoms with Crippen molar-refractivity contribution in [2.24, 2.45) is 11.7 Å². The molecule has 0 aliphatic heterocycles. The molecule has 37 heavy (non-hydrogen) atoms. The predicted molar refractivity (Wildman–Crippen MR) is 135 cm³/mol. The second-order valence-electron chi connectivity index (χ2n) is 9.87. The van der Waals surface area contributed by atoms with Gasteiger partial charge in [0, 0.05) is 43.2 Å². The van der Waals surface area contributed by atoms with E-state index in [0.29, 0.717) is 30.6 Å². The van der Waals surface area contributed by atoms with Gasteiger partial charge < -0.3 is 10.8 Å². The van der Waals surface area contributed by atoms with Gasteiger partial charge in [0.2, 0.25) is 0 Å². The lowest BCUT2D eigenvalue weighted by Gasteiger charge is -2.38. The van der Waals surface area contributed by atoms with Gasteiger partial charge in [-0.05, 0) is 54.0 Å². The standard InChI is InChI=1S/C26H27F2N5O3S/c1-14-7-15(8-22(29)26(14)37(2,35)36)19-5-6-30-12-16(19)9-24-31-13-17-3-4-23(32-33(17)24)25-20(27)10-18(34)11-21(25)28/h3-6,10-15,22,26,34H,7-9,29H2,1-2H3/t14-,15+,22+,26-/m0/s1. The number of aromatic hydroxyl groups is 1. The Hall–Kier alpha value is -3.44. The number of sulfone groups is 1. The molecule has 0 radical (unpaired) electrons. The zero-order valence-corrected chi connectivity index (χ0v) is 21.2. The smallest absolute Gasteiger partial charge is 0.152 e. The molecule has 0 bridgehead atoms. The van der Waals surface area contributed by atoms with Crippen LogP contribution in [0, 0.1) is 17.6 Å². The second kappa shape index (κ2) is 9.46. The van der Waals surface area contributed by atoms with Crippen LogP contribution < -0.4 is 5.73 Å². The number of imidazole rings is 1. The zero-order chi connectivity index (χ0) is 26.5. The van der Waals surface area contributed by atoms with Gasteiger partial charge in [-0.25, -0.2) is 26.7 Å². The minimum atomic E-state index is -3.27. The van der Waals surface area contributed by atoms with Crippen molar-refractivity contribution in [3.05, 3.63) is 77.5 Å². The summed E-state index contributed by atoms with van der Waals surface area (Å²) in [5.41, 5.74) is 8.63. The van der Waals surface area contributed by atoms with E-state index in [2.05, 4.69) is 15.1 Å². The van der Waals surface area contributed by atoms with Crippen LogP contribution in [0.2, 0.25) is 0 Å². The number of hydrogen-bond donors (Lipinski definition) is 2. The minimum Gasteiger partial charge on any atom is -0.508 e. The van der Waals surface area contributed by atoms with E-state index in [4.69, 9.17) is 5.73 Å². The summed E-state index contributed by atoms with van der Waals surface area (Å²) in [5.74, 6) is -1.85. The Labute approximate surface area is 213 Å². The highest BCUT2D eigenvalue weighted by Crippen LogP contribution is 2.39. The van der Waals surface area contributed by atoms with Crippen LogP contribution in [0.15, 0.2) is 48.9 Å². The lowest BCUT2D eigenvalue weighted by Crippen LogP contribution is -2.48. The normalized spacial score (nSPS) is 22.4. The molecule has 1 fully saturated rings. The Balaban J connectivity index is 1.49. The van der Waals surface area contributed by atoms with E-state index in [0.717, 1.165) is 23.3 Å². The summed E-state index contributed by atoms with van der Waals surface area (Å²) >= 11 is 0. The Morgan fingerprint density at radius 2 is 1.86 bits per heavy atom. The fourth-order valence-corrected chi connectivity index (χ4v) is 7.40. The molecule has 1 aliphatic rings. The lowest BCUT2D eigenvalue weighted by atomic mass is 9.75. The van der Waals surface area contributed by atoms with Crippen LogP contribution in [0.3, 0.4) is 0 Å². The summed E-state index contributed by atoms with van der Waals surface area (Å²) in [6.07, 6.45) is 7.88. The maximum Gasteiger partial charge on any atom is 0.152 e. The molecule has 1 aromatic carbocycles. The molecule has 3 N–H and O–H groups in total. The maximum absolute atomic E-state index is 14.5. The molecule has 1 aliphatic carbocycles. The van der Waals surface area contributed by atoms with Crippen LogP contribution in [0.1, 0.15) is 42.6 Å². The number of hydrogen-bond acceptors (Lipinski definition) is 7. The van der Waals surface area contributed by atoms with Crippen LogP contribution in [-0.2, 0) is 16.3 Å². The van der Waals surface area contributed by atoms with Crippen LogP contribution in [-0.4, -0.2) is 50.7 Å². The summed E-state index contributed by atoms with van der Waals surface area (Å²) in [6, 6.07) is 6.29. The van der Waals surface area contributed by atoms with Crippen LogP contribution >= 0.6 is 0 Å². The first-order valence-corrected chi connectivity index (χ1v) is 13.9. The van der Waals surface area contributed by atoms with Gasteiger partial charge in [-0.3, -0.25) is 4.98 Å². The van der Waals surface area contributed by atoms with Crippen molar-refractivity contribution in [1.82, 2.24) is 19.6 Å². The number of fused-ring (bicyclic) bond motifs is 1. The Bertz CT molecular complexity index is 1560. The summed E-state index contributed by atoms with van der Waals surface area (Å²) in [5, 5.41) is 13.3. The third kappa shape index (κ3) is 4.80. The molecule has 0 spiro atoms. The fourth-order valence-electron chi connectivity index (χ4n) is 5.70. The van der Waals surface area contributed by atoms with Gasteiger partial charge in [-0.15, -0.1) is 0 Å². The molecule has 1 saturated carbocycles. The quantitative estimate of drug-likeness (QED) is 0.406. The van der Waals surface area contributed by atoms with E-state index < -0.39 is 38.5 Å². The van der Waals surface area contributed by atoms with E-state index in [1.807, 2.05) is 13.0 Å². The van der Waals surface area contributed by atoms with E-state index in [-0.39, 0.29) is 23.1 Å². The lowest BCUT2D eigenvalue weighted by molar-refractivity contribution is 0.308. The van der Waals surface area contributed by atoms with Crippen molar-refractivity contribution in [1.29, 1.82) is 0 Å². The number of halogens is 2. The summed E-state index contributed by atoms with van der Waals surface area (Å²) in [6.45, 7) is 1.92. The zero-order valence-electron chi connectivity index (χ0n) is 20.3. The third-order valence-corrected chi connectivity index (χ3v) is 8.96. The molecule has 8 nitrogen and oxygen atoms in total. The minimum absolute atomic E-state index is 0.0518. The van der Waals surface area contributed by atoms with E-state index in [1.54, 1.807) is 24.7 Å². The first-order valence-electron chi connectivity index (χ1n) is 11.9. The summed E-state index contributed by atoms with van der Waals surface area (Å²) in [4.78, 5) is 8.77. The first-order chi connectivity index (χ1) is 17.5. The number of phenols is 1. The van der Waals surface area contributed by atoms with Gasteiger partial charge in [-0.2, -0.15) is 5.10 Å². The molecule has 4 atom stereocenters.